The number of halogens is 1. The van der Waals surface area contributed by atoms with Gasteiger partial charge in [0, 0.05) is 0 Å². The van der Waals surface area contributed by atoms with Crippen molar-refractivity contribution in [1.29, 1.82) is 0 Å². The summed E-state index contributed by atoms with van der Waals surface area (Å²) in [4.78, 5) is 11.1. The van der Waals surface area contributed by atoms with Gasteiger partial charge >= 0.3 is 5.97 Å². The minimum atomic E-state index is -1.16. The summed E-state index contributed by atoms with van der Waals surface area (Å²) in [6, 6.07) is 10.7. The van der Waals surface area contributed by atoms with E-state index < -0.39 is 11.8 Å². The molecule has 3 nitrogen and oxygen atoms in total. The first-order valence-electron chi connectivity index (χ1n) is 5.29. The van der Waals surface area contributed by atoms with E-state index in [-0.39, 0.29) is 5.56 Å². The minimum absolute atomic E-state index is 0.0664. The maximum Gasteiger partial charge on any atom is 0.336 e. The molecular weight excluding hydrogens is 235 g/mol. The Hall–Kier alpha value is -2.36. The molecule has 0 aliphatic rings. The summed E-state index contributed by atoms with van der Waals surface area (Å²) in [7, 11) is 1.53. The molecule has 4 heteroatoms. The molecule has 2 aromatic rings. The number of benzene rings is 2. The molecule has 0 atom stereocenters. The highest BCUT2D eigenvalue weighted by Gasteiger charge is 2.13. The Labute approximate surface area is 103 Å². The number of hydrogen-bond acceptors (Lipinski definition) is 2. The van der Waals surface area contributed by atoms with Crippen LogP contribution in [0.4, 0.5) is 4.39 Å². The van der Waals surface area contributed by atoms with Crippen LogP contribution in [0.2, 0.25) is 0 Å². The van der Waals surface area contributed by atoms with Gasteiger partial charge in [-0.2, -0.15) is 0 Å². The summed E-state index contributed by atoms with van der Waals surface area (Å²) in [6.45, 7) is 0. The van der Waals surface area contributed by atoms with Crippen molar-refractivity contribution >= 4 is 5.97 Å². The standard InChI is InChI=1S/C14H11FO3/c1-18-11-4-2-3-9(7-11)12-6-5-10(15)8-13(12)14(16)17/h2-8H,1H3,(H,16,17). The average molecular weight is 246 g/mol. The smallest absolute Gasteiger partial charge is 0.336 e. The lowest BCUT2D eigenvalue weighted by Crippen LogP contribution is -2.00. The van der Waals surface area contributed by atoms with Crippen molar-refractivity contribution in [2.24, 2.45) is 0 Å². The quantitative estimate of drug-likeness (QED) is 0.904. The summed E-state index contributed by atoms with van der Waals surface area (Å²) in [5.41, 5.74) is 1.07. The van der Waals surface area contributed by atoms with Gasteiger partial charge in [-0.3, -0.25) is 0 Å². The van der Waals surface area contributed by atoms with Crippen LogP contribution in [0.5, 0.6) is 5.75 Å². The molecule has 18 heavy (non-hydrogen) atoms. The number of ether oxygens (including phenoxy) is 1. The summed E-state index contributed by atoms with van der Waals surface area (Å²) in [6.07, 6.45) is 0. The number of methoxy groups -OCH3 is 1. The van der Waals surface area contributed by atoms with Crippen molar-refractivity contribution in [3.05, 3.63) is 53.8 Å². The van der Waals surface area contributed by atoms with E-state index in [2.05, 4.69) is 0 Å². The highest BCUT2D eigenvalue weighted by Crippen LogP contribution is 2.27. The zero-order chi connectivity index (χ0) is 13.1. The van der Waals surface area contributed by atoms with Crippen LogP contribution in [0, 0.1) is 5.82 Å². The zero-order valence-electron chi connectivity index (χ0n) is 9.68. The Bertz CT molecular complexity index is 593. The first-order chi connectivity index (χ1) is 8.61. The maximum absolute atomic E-state index is 13.1. The van der Waals surface area contributed by atoms with Crippen molar-refractivity contribution in [2.75, 3.05) is 7.11 Å². The summed E-state index contributed by atoms with van der Waals surface area (Å²) in [5, 5.41) is 9.08. The molecule has 0 saturated heterocycles. The van der Waals surface area contributed by atoms with Crippen LogP contribution in [0.25, 0.3) is 11.1 Å². The van der Waals surface area contributed by atoms with Crippen LogP contribution in [0.1, 0.15) is 10.4 Å². The predicted octanol–water partition coefficient (Wildman–Crippen LogP) is 3.20. The Morgan fingerprint density at radius 1 is 1.22 bits per heavy atom. The fourth-order valence-corrected chi connectivity index (χ4v) is 1.74. The maximum atomic E-state index is 13.1. The fourth-order valence-electron chi connectivity index (χ4n) is 1.74. The number of carbonyl (C=O) groups is 1. The summed E-state index contributed by atoms with van der Waals surface area (Å²) >= 11 is 0. The Balaban J connectivity index is 2.59. The van der Waals surface area contributed by atoms with E-state index in [4.69, 9.17) is 9.84 Å². The fraction of sp³-hybridized carbons (Fsp3) is 0.0714. The van der Waals surface area contributed by atoms with Crippen molar-refractivity contribution in [1.82, 2.24) is 0 Å². The topological polar surface area (TPSA) is 46.5 Å². The molecule has 0 bridgehead atoms. The molecule has 0 unspecified atom stereocenters. The monoisotopic (exact) mass is 246 g/mol. The van der Waals surface area contributed by atoms with E-state index in [1.165, 1.54) is 19.2 Å². The van der Waals surface area contributed by atoms with Gasteiger partial charge in [0.1, 0.15) is 11.6 Å². The average Bonchev–Trinajstić information content (AvgIpc) is 2.38. The van der Waals surface area contributed by atoms with Crippen molar-refractivity contribution in [3.8, 4) is 16.9 Å². The van der Waals surface area contributed by atoms with Crippen LogP contribution in [-0.4, -0.2) is 18.2 Å². The molecular formula is C14H11FO3. The predicted molar refractivity (Wildman–Crippen MR) is 65.3 cm³/mol. The molecule has 2 rings (SSSR count). The molecule has 0 aliphatic carbocycles. The van der Waals surface area contributed by atoms with E-state index in [9.17, 15) is 9.18 Å². The first-order valence-corrected chi connectivity index (χ1v) is 5.29. The highest BCUT2D eigenvalue weighted by atomic mass is 19.1. The van der Waals surface area contributed by atoms with Crippen molar-refractivity contribution in [2.45, 2.75) is 0 Å². The molecule has 0 amide bonds. The number of aromatic carboxylic acids is 1. The largest absolute Gasteiger partial charge is 0.497 e. The van der Waals surface area contributed by atoms with Crippen LogP contribution in [0.15, 0.2) is 42.5 Å². The number of hydrogen-bond donors (Lipinski definition) is 1. The van der Waals surface area contributed by atoms with Gasteiger partial charge in [-0.15, -0.1) is 0 Å². The first kappa shape index (κ1) is 12.1. The van der Waals surface area contributed by atoms with Crippen molar-refractivity contribution < 1.29 is 19.0 Å². The van der Waals surface area contributed by atoms with Gasteiger partial charge < -0.3 is 9.84 Å². The zero-order valence-corrected chi connectivity index (χ0v) is 9.68. The number of carboxylic acids is 1. The third kappa shape index (κ3) is 2.32. The Morgan fingerprint density at radius 2 is 2.00 bits per heavy atom. The molecule has 0 heterocycles. The molecule has 1 N–H and O–H groups in total. The Morgan fingerprint density at radius 3 is 2.67 bits per heavy atom. The Kier molecular flexibility index (Phi) is 3.28. The number of rotatable bonds is 3. The van der Waals surface area contributed by atoms with E-state index in [0.717, 1.165) is 6.07 Å². The van der Waals surface area contributed by atoms with Crippen LogP contribution < -0.4 is 4.74 Å². The lowest BCUT2D eigenvalue weighted by Gasteiger charge is -2.08. The van der Waals surface area contributed by atoms with E-state index in [1.54, 1.807) is 24.3 Å². The van der Waals surface area contributed by atoms with E-state index in [1.807, 2.05) is 0 Å². The number of carboxylic acid groups (broad SMARTS) is 1. The van der Waals surface area contributed by atoms with Crippen LogP contribution in [0.3, 0.4) is 0 Å². The molecule has 2 aromatic carbocycles. The molecule has 0 fully saturated rings. The second kappa shape index (κ2) is 4.87. The van der Waals surface area contributed by atoms with E-state index in [0.29, 0.717) is 16.9 Å². The lowest BCUT2D eigenvalue weighted by atomic mass is 9.99. The van der Waals surface area contributed by atoms with Gasteiger partial charge in [0.25, 0.3) is 0 Å². The van der Waals surface area contributed by atoms with E-state index >= 15 is 0 Å². The molecule has 0 saturated carbocycles. The molecule has 0 aliphatic heterocycles. The molecule has 92 valence electrons. The molecule has 0 spiro atoms. The third-order valence-electron chi connectivity index (χ3n) is 2.59. The second-order valence-corrected chi connectivity index (χ2v) is 3.73. The van der Waals surface area contributed by atoms with Gasteiger partial charge in [0.15, 0.2) is 0 Å². The minimum Gasteiger partial charge on any atom is -0.497 e. The lowest BCUT2D eigenvalue weighted by molar-refractivity contribution is 0.0697. The van der Waals surface area contributed by atoms with Gasteiger partial charge in [-0.05, 0) is 35.4 Å². The third-order valence-corrected chi connectivity index (χ3v) is 2.59. The van der Waals surface area contributed by atoms with Crippen LogP contribution >= 0.6 is 0 Å². The SMILES string of the molecule is COc1cccc(-c2ccc(F)cc2C(=O)O)c1. The van der Waals surface area contributed by atoms with Crippen LogP contribution in [-0.2, 0) is 0 Å². The van der Waals surface area contributed by atoms with Gasteiger partial charge in [0.2, 0.25) is 0 Å². The normalized spacial score (nSPS) is 10.1. The summed E-state index contributed by atoms with van der Waals surface area (Å²) in [5.74, 6) is -1.11. The highest BCUT2D eigenvalue weighted by molar-refractivity contribution is 5.96. The van der Waals surface area contributed by atoms with Gasteiger partial charge in [0.05, 0.1) is 12.7 Å². The van der Waals surface area contributed by atoms with Gasteiger partial charge in [-0.1, -0.05) is 18.2 Å². The molecule has 0 radical (unpaired) electrons. The second-order valence-electron chi connectivity index (χ2n) is 3.73. The molecule has 0 aromatic heterocycles. The van der Waals surface area contributed by atoms with Crippen molar-refractivity contribution in [3.63, 3.8) is 0 Å². The summed E-state index contributed by atoms with van der Waals surface area (Å²) < 4.78 is 18.2. The van der Waals surface area contributed by atoms with Gasteiger partial charge in [-0.25, -0.2) is 9.18 Å².